The quantitative estimate of drug-likeness (QED) is 0.522. The summed E-state index contributed by atoms with van der Waals surface area (Å²) in [6, 6.07) is 7.65. The molecule has 3 rings (SSSR count). The zero-order valence-corrected chi connectivity index (χ0v) is 16.1. The van der Waals surface area contributed by atoms with Crippen molar-refractivity contribution in [3.05, 3.63) is 57.6 Å². The van der Waals surface area contributed by atoms with Crippen LogP contribution in [-0.2, 0) is 13.0 Å². The van der Waals surface area contributed by atoms with E-state index in [1.807, 2.05) is 0 Å². The van der Waals surface area contributed by atoms with Crippen molar-refractivity contribution in [1.82, 2.24) is 9.88 Å². The van der Waals surface area contributed by atoms with E-state index in [0.29, 0.717) is 35.2 Å². The number of urea groups is 1. The molecule has 1 aliphatic rings. The highest BCUT2D eigenvalue weighted by Gasteiger charge is 2.17. The Labute approximate surface area is 167 Å². The van der Waals surface area contributed by atoms with E-state index in [0.717, 1.165) is 36.2 Å². The van der Waals surface area contributed by atoms with Crippen LogP contribution in [-0.4, -0.2) is 28.2 Å². The van der Waals surface area contributed by atoms with Crippen molar-refractivity contribution >= 4 is 40.6 Å². The Morgan fingerprint density at radius 2 is 1.93 bits per heavy atom. The van der Waals surface area contributed by atoms with Gasteiger partial charge in [0.05, 0.1) is 11.4 Å². The van der Waals surface area contributed by atoms with Crippen LogP contribution in [0.4, 0.5) is 14.9 Å². The molecule has 0 saturated heterocycles. The molecule has 2 N–H and O–H groups in total. The van der Waals surface area contributed by atoms with E-state index in [9.17, 15) is 9.18 Å². The van der Waals surface area contributed by atoms with Crippen LogP contribution in [0.2, 0.25) is 10.0 Å². The number of pyridine rings is 1. The second kappa shape index (κ2) is 8.67. The Morgan fingerprint density at radius 1 is 1.19 bits per heavy atom. The highest BCUT2D eigenvalue weighted by atomic mass is 35.5. The third-order valence-electron chi connectivity index (χ3n) is 4.32. The van der Waals surface area contributed by atoms with Crippen molar-refractivity contribution in [1.29, 1.82) is 0 Å². The van der Waals surface area contributed by atoms with E-state index in [-0.39, 0.29) is 0 Å². The molecule has 8 heteroatoms. The predicted molar refractivity (Wildman–Crippen MR) is 105 cm³/mol. The lowest BCUT2D eigenvalue weighted by Crippen LogP contribution is -2.36. The monoisotopic (exact) mass is 408 g/mol. The molecular formula is C19H19Cl2FN4O. The summed E-state index contributed by atoms with van der Waals surface area (Å²) in [6.45, 7) is 0.873. The van der Waals surface area contributed by atoms with Gasteiger partial charge in [-0.05, 0) is 55.2 Å². The molecule has 1 aromatic heterocycles. The van der Waals surface area contributed by atoms with Crippen molar-refractivity contribution in [2.24, 2.45) is 10.7 Å². The van der Waals surface area contributed by atoms with E-state index in [4.69, 9.17) is 28.9 Å². The molecule has 2 heterocycles. The van der Waals surface area contributed by atoms with E-state index >= 15 is 0 Å². The van der Waals surface area contributed by atoms with Gasteiger partial charge in [0.2, 0.25) is 5.95 Å². The molecule has 0 unspecified atom stereocenters. The maximum atomic E-state index is 13.2. The molecule has 0 bridgehead atoms. The lowest BCUT2D eigenvalue weighted by Gasteiger charge is -2.20. The van der Waals surface area contributed by atoms with E-state index in [1.165, 1.54) is 6.07 Å². The van der Waals surface area contributed by atoms with Gasteiger partial charge in [0, 0.05) is 35.3 Å². The molecule has 27 heavy (non-hydrogen) atoms. The average molecular weight is 409 g/mol. The Bertz CT molecular complexity index is 868. The van der Waals surface area contributed by atoms with Crippen molar-refractivity contribution in [3.8, 4) is 0 Å². The van der Waals surface area contributed by atoms with Gasteiger partial charge in [-0.2, -0.15) is 4.39 Å². The lowest BCUT2D eigenvalue weighted by atomic mass is 10.1. The zero-order chi connectivity index (χ0) is 19.4. The van der Waals surface area contributed by atoms with E-state index in [1.54, 1.807) is 29.2 Å². The summed E-state index contributed by atoms with van der Waals surface area (Å²) in [5.74, 6) is -0.483. The number of carbonyl (C=O) groups excluding carboxylic acids is 1. The summed E-state index contributed by atoms with van der Waals surface area (Å²) >= 11 is 12.0. The molecule has 0 spiro atoms. The van der Waals surface area contributed by atoms with Crippen LogP contribution >= 0.6 is 23.2 Å². The van der Waals surface area contributed by atoms with Crippen LogP contribution in [0.1, 0.15) is 30.5 Å². The topological polar surface area (TPSA) is 71.6 Å². The maximum absolute atomic E-state index is 13.2. The van der Waals surface area contributed by atoms with Crippen molar-refractivity contribution in [2.75, 3.05) is 6.54 Å². The Hall–Kier alpha value is -2.18. The van der Waals surface area contributed by atoms with Crippen LogP contribution in [0.25, 0.3) is 0 Å². The second-order valence-electron chi connectivity index (χ2n) is 6.45. The average Bonchev–Trinajstić information content (AvgIpc) is 2.98. The second-order valence-corrected chi connectivity index (χ2v) is 7.32. The number of rotatable bonds is 7. The Balaban J connectivity index is 1.49. The minimum atomic E-state index is -0.489. The van der Waals surface area contributed by atoms with Crippen LogP contribution in [0.5, 0.6) is 0 Å². The molecule has 1 aliphatic heterocycles. The molecule has 2 amide bonds. The Morgan fingerprint density at radius 3 is 2.63 bits per heavy atom. The fraction of sp³-hybridized carbons (Fsp3) is 0.316. The summed E-state index contributed by atoms with van der Waals surface area (Å²) in [5.41, 5.74) is 8.72. The molecule has 0 fully saturated rings. The van der Waals surface area contributed by atoms with Gasteiger partial charge in [0.1, 0.15) is 0 Å². The van der Waals surface area contributed by atoms with Crippen molar-refractivity contribution in [3.63, 3.8) is 0 Å². The SMILES string of the molecule is NC(=O)N(CCCCC1=Nc2ccc(F)nc2C1)Cc1cc(Cl)cc(Cl)c1. The van der Waals surface area contributed by atoms with Crippen LogP contribution in [0.3, 0.4) is 0 Å². The molecule has 142 valence electrons. The molecular weight excluding hydrogens is 390 g/mol. The number of nitrogens with two attached hydrogens (primary N) is 1. The molecule has 0 saturated carbocycles. The number of unbranched alkanes of at least 4 members (excludes halogenated alkanes) is 1. The number of hydrogen-bond acceptors (Lipinski definition) is 3. The van der Waals surface area contributed by atoms with Gasteiger partial charge >= 0.3 is 6.03 Å². The largest absolute Gasteiger partial charge is 0.351 e. The first-order chi connectivity index (χ1) is 12.9. The molecule has 0 radical (unpaired) electrons. The molecule has 0 atom stereocenters. The van der Waals surface area contributed by atoms with Gasteiger partial charge in [-0.3, -0.25) is 4.99 Å². The highest BCUT2D eigenvalue weighted by molar-refractivity contribution is 6.34. The highest BCUT2D eigenvalue weighted by Crippen LogP contribution is 2.26. The first kappa shape index (κ1) is 19.6. The number of aromatic nitrogens is 1. The summed E-state index contributed by atoms with van der Waals surface area (Å²) in [7, 11) is 0. The fourth-order valence-corrected chi connectivity index (χ4v) is 3.64. The zero-order valence-electron chi connectivity index (χ0n) is 14.6. The number of nitrogens with zero attached hydrogens (tertiary/aromatic N) is 3. The Kier molecular flexibility index (Phi) is 6.29. The third-order valence-corrected chi connectivity index (χ3v) is 4.75. The van der Waals surface area contributed by atoms with Gasteiger partial charge in [0.25, 0.3) is 0 Å². The minimum absolute atomic E-state index is 0.352. The predicted octanol–water partition coefficient (Wildman–Crippen LogP) is 4.91. The number of fused-ring (bicyclic) bond motifs is 1. The van der Waals surface area contributed by atoms with Gasteiger partial charge in [-0.25, -0.2) is 9.78 Å². The van der Waals surface area contributed by atoms with Gasteiger partial charge in [-0.1, -0.05) is 23.2 Å². The summed E-state index contributed by atoms with van der Waals surface area (Å²) in [5, 5.41) is 1.04. The number of halogens is 3. The standard InChI is InChI=1S/C19H19Cl2FN4O/c20-13-7-12(8-14(21)9-13)11-26(19(23)27)6-2-1-3-15-10-17-16(24-15)4-5-18(22)25-17/h4-5,7-9H,1-3,6,10-11H2,(H2,23,27). The van der Waals surface area contributed by atoms with Crippen LogP contribution in [0, 0.1) is 5.95 Å². The number of carbonyl (C=O) groups is 1. The summed E-state index contributed by atoms with van der Waals surface area (Å²) < 4.78 is 13.2. The molecule has 0 aliphatic carbocycles. The van der Waals surface area contributed by atoms with E-state index in [2.05, 4.69) is 9.98 Å². The van der Waals surface area contributed by atoms with E-state index < -0.39 is 12.0 Å². The van der Waals surface area contributed by atoms with Crippen molar-refractivity contribution in [2.45, 2.75) is 32.2 Å². The maximum Gasteiger partial charge on any atom is 0.315 e. The number of hydrogen-bond donors (Lipinski definition) is 1. The first-order valence-corrected chi connectivity index (χ1v) is 9.37. The number of benzene rings is 1. The summed E-state index contributed by atoms with van der Waals surface area (Å²) in [4.78, 5) is 21.6. The van der Waals surface area contributed by atoms with Gasteiger partial charge in [-0.15, -0.1) is 0 Å². The van der Waals surface area contributed by atoms with Crippen molar-refractivity contribution < 1.29 is 9.18 Å². The molecule has 1 aromatic carbocycles. The summed E-state index contributed by atoms with van der Waals surface area (Å²) in [6.07, 6.45) is 2.96. The number of primary amides is 1. The molecule has 2 aromatic rings. The van der Waals surface area contributed by atoms with Crippen LogP contribution < -0.4 is 5.73 Å². The first-order valence-electron chi connectivity index (χ1n) is 8.62. The smallest absolute Gasteiger partial charge is 0.315 e. The third kappa shape index (κ3) is 5.40. The number of aliphatic imine (C=N–C) groups is 1. The molecule has 5 nitrogen and oxygen atoms in total. The lowest BCUT2D eigenvalue weighted by molar-refractivity contribution is 0.204. The van der Waals surface area contributed by atoms with Gasteiger partial charge < -0.3 is 10.6 Å². The fourth-order valence-electron chi connectivity index (χ4n) is 3.07. The van der Waals surface area contributed by atoms with Gasteiger partial charge in [0.15, 0.2) is 0 Å². The minimum Gasteiger partial charge on any atom is -0.351 e. The normalized spacial score (nSPS) is 12.6. The van der Waals surface area contributed by atoms with Crippen LogP contribution in [0.15, 0.2) is 35.3 Å². The number of amides is 2.